The summed E-state index contributed by atoms with van der Waals surface area (Å²) in [4.78, 5) is 12.8. The van der Waals surface area contributed by atoms with Crippen LogP contribution in [0.5, 0.6) is 0 Å². The fourth-order valence-electron chi connectivity index (χ4n) is 4.15. The summed E-state index contributed by atoms with van der Waals surface area (Å²) in [6.07, 6.45) is 3.26. The highest BCUT2D eigenvalue weighted by Crippen LogP contribution is 2.38. The molecule has 1 aliphatic carbocycles. The first kappa shape index (κ1) is 19.9. The van der Waals surface area contributed by atoms with Crippen LogP contribution in [0.25, 0.3) is 0 Å². The van der Waals surface area contributed by atoms with Crippen molar-refractivity contribution in [1.29, 1.82) is 0 Å². The standard InChI is InChI=1S/C21H27N3O4S/c1-21(2,3)14-5-10-18-17(13-14)19(23-28-18)20(25)22-15-6-8-16(9-7-15)24-11-4-12-29(24,26)27/h6-9,14H,4-5,10-13H2,1-3H3,(H,22,25)/t14-/m0/s1. The van der Waals surface area contributed by atoms with Crippen LogP contribution >= 0.6 is 0 Å². The van der Waals surface area contributed by atoms with Gasteiger partial charge in [-0.15, -0.1) is 0 Å². The minimum Gasteiger partial charge on any atom is -0.360 e. The fourth-order valence-corrected chi connectivity index (χ4v) is 5.72. The Kier molecular flexibility index (Phi) is 4.93. The normalized spacial score (nSPS) is 21.1. The van der Waals surface area contributed by atoms with Gasteiger partial charge in [0, 0.05) is 24.2 Å². The maximum absolute atomic E-state index is 12.8. The van der Waals surface area contributed by atoms with Gasteiger partial charge >= 0.3 is 0 Å². The molecule has 1 fully saturated rings. The van der Waals surface area contributed by atoms with E-state index in [2.05, 4.69) is 31.2 Å². The number of aryl methyl sites for hydroxylation is 1. The van der Waals surface area contributed by atoms with Crippen molar-refractivity contribution in [2.45, 2.75) is 46.5 Å². The maximum atomic E-state index is 12.8. The number of carbonyl (C=O) groups excluding carboxylic acids is 1. The first-order valence-electron chi connectivity index (χ1n) is 10.0. The Labute approximate surface area is 171 Å². The second-order valence-electron chi connectivity index (χ2n) is 8.98. The summed E-state index contributed by atoms with van der Waals surface area (Å²) >= 11 is 0. The summed E-state index contributed by atoms with van der Waals surface area (Å²) < 4.78 is 31.0. The number of nitrogens with one attached hydrogen (secondary N) is 1. The molecule has 1 aromatic carbocycles. The van der Waals surface area contributed by atoms with Gasteiger partial charge in [-0.3, -0.25) is 9.10 Å². The van der Waals surface area contributed by atoms with Gasteiger partial charge in [-0.2, -0.15) is 0 Å². The molecule has 8 heteroatoms. The second-order valence-corrected chi connectivity index (χ2v) is 11.0. The molecule has 2 aliphatic rings. The summed E-state index contributed by atoms with van der Waals surface area (Å²) in [6.45, 7) is 7.15. The number of hydrogen-bond donors (Lipinski definition) is 1. The van der Waals surface area contributed by atoms with Gasteiger partial charge in [0.05, 0.1) is 11.4 Å². The molecule has 0 spiro atoms. The van der Waals surface area contributed by atoms with E-state index in [1.807, 2.05) is 0 Å². The molecule has 0 unspecified atom stereocenters. The smallest absolute Gasteiger partial charge is 0.278 e. The molecule has 1 amide bonds. The molecule has 7 nitrogen and oxygen atoms in total. The number of aromatic nitrogens is 1. The minimum absolute atomic E-state index is 0.161. The predicted octanol–water partition coefficient (Wildman–Crippen LogP) is 3.62. The molecule has 29 heavy (non-hydrogen) atoms. The van der Waals surface area contributed by atoms with E-state index in [0.717, 1.165) is 30.6 Å². The lowest BCUT2D eigenvalue weighted by Gasteiger charge is -2.33. The van der Waals surface area contributed by atoms with E-state index in [1.54, 1.807) is 24.3 Å². The Morgan fingerprint density at radius 1 is 1.24 bits per heavy atom. The van der Waals surface area contributed by atoms with Crippen LogP contribution in [0.1, 0.15) is 55.4 Å². The molecule has 4 rings (SSSR count). The van der Waals surface area contributed by atoms with Gasteiger partial charge in [0.25, 0.3) is 5.91 Å². The molecule has 0 bridgehead atoms. The summed E-state index contributed by atoms with van der Waals surface area (Å²) in [5.74, 6) is 1.16. The van der Waals surface area contributed by atoms with Crippen molar-refractivity contribution in [3.63, 3.8) is 0 Å². The number of rotatable bonds is 3. The lowest BCUT2D eigenvalue weighted by atomic mass is 9.71. The van der Waals surface area contributed by atoms with Crippen LogP contribution in [0.2, 0.25) is 0 Å². The summed E-state index contributed by atoms with van der Waals surface area (Å²) in [5.41, 5.74) is 2.63. The number of fused-ring (bicyclic) bond motifs is 1. The molecule has 0 radical (unpaired) electrons. The number of hydrogen-bond acceptors (Lipinski definition) is 5. The molecule has 1 N–H and O–H groups in total. The minimum atomic E-state index is -3.22. The van der Waals surface area contributed by atoms with E-state index in [9.17, 15) is 13.2 Å². The van der Waals surface area contributed by atoms with Gasteiger partial charge in [0.2, 0.25) is 10.0 Å². The molecule has 0 saturated carbocycles. The van der Waals surface area contributed by atoms with E-state index in [1.165, 1.54) is 4.31 Å². The Morgan fingerprint density at radius 3 is 2.59 bits per heavy atom. The lowest BCUT2D eigenvalue weighted by molar-refractivity contribution is 0.101. The van der Waals surface area contributed by atoms with Gasteiger partial charge in [-0.1, -0.05) is 25.9 Å². The van der Waals surface area contributed by atoms with Gasteiger partial charge < -0.3 is 9.84 Å². The van der Waals surface area contributed by atoms with Gasteiger partial charge in [-0.25, -0.2) is 8.42 Å². The van der Waals surface area contributed by atoms with Crippen molar-refractivity contribution in [3.8, 4) is 0 Å². The highest BCUT2D eigenvalue weighted by atomic mass is 32.2. The average molecular weight is 418 g/mol. The van der Waals surface area contributed by atoms with Gasteiger partial charge in [0.1, 0.15) is 5.76 Å². The van der Waals surface area contributed by atoms with Crippen LogP contribution in [-0.2, 0) is 22.9 Å². The topological polar surface area (TPSA) is 92.5 Å². The molecular formula is C21H27N3O4S. The molecular weight excluding hydrogens is 390 g/mol. The van der Waals surface area contributed by atoms with E-state index in [4.69, 9.17) is 4.52 Å². The second kappa shape index (κ2) is 7.16. The molecule has 1 aromatic heterocycles. The third kappa shape index (κ3) is 3.90. The van der Waals surface area contributed by atoms with Crippen LogP contribution in [0, 0.1) is 11.3 Å². The van der Waals surface area contributed by atoms with Crippen molar-refractivity contribution >= 4 is 27.3 Å². The monoisotopic (exact) mass is 417 g/mol. The zero-order valence-corrected chi connectivity index (χ0v) is 17.9. The Morgan fingerprint density at radius 2 is 1.97 bits per heavy atom. The molecule has 2 aromatic rings. The van der Waals surface area contributed by atoms with Crippen molar-refractivity contribution < 1.29 is 17.7 Å². The number of nitrogens with zero attached hydrogens (tertiary/aromatic N) is 2. The van der Waals surface area contributed by atoms with E-state index in [0.29, 0.717) is 36.0 Å². The highest BCUT2D eigenvalue weighted by molar-refractivity contribution is 7.93. The SMILES string of the molecule is CC(C)(C)[C@H]1CCc2onc(C(=O)Nc3ccc(N4CCCS4(=O)=O)cc3)c2C1. The lowest BCUT2D eigenvalue weighted by Crippen LogP contribution is -2.27. The maximum Gasteiger partial charge on any atom is 0.278 e. The number of benzene rings is 1. The third-order valence-electron chi connectivity index (χ3n) is 5.99. The van der Waals surface area contributed by atoms with Crippen molar-refractivity contribution in [2.24, 2.45) is 11.3 Å². The van der Waals surface area contributed by atoms with Crippen molar-refractivity contribution in [1.82, 2.24) is 5.16 Å². The van der Waals surface area contributed by atoms with Gasteiger partial charge in [0.15, 0.2) is 5.69 Å². The third-order valence-corrected chi connectivity index (χ3v) is 7.86. The summed E-state index contributed by atoms with van der Waals surface area (Å²) in [6, 6.07) is 6.86. The summed E-state index contributed by atoms with van der Waals surface area (Å²) in [5, 5.41) is 6.89. The van der Waals surface area contributed by atoms with E-state index < -0.39 is 10.0 Å². The van der Waals surface area contributed by atoms with Crippen LogP contribution in [0.15, 0.2) is 28.8 Å². The van der Waals surface area contributed by atoms with E-state index in [-0.39, 0.29) is 17.1 Å². The Hall–Kier alpha value is -2.35. The van der Waals surface area contributed by atoms with Gasteiger partial charge in [-0.05, 0) is 54.9 Å². The number of anilines is 2. The molecule has 1 aliphatic heterocycles. The summed E-state index contributed by atoms with van der Waals surface area (Å²) in [7, 11) is -3.22. The van der Waals surface area contributed by atoms with Crippen LogP contribution in [0.3, 0.4) is 0 Å². The highest BCUT2D eigenvalue weighted by Gasteiger charge is 2.34. The largest absolute Gasteiger partial charge is 0.360 e. The molecule has 156 valence electrons. The van der Waals surface area contributed by atoms with Crippen LogP contribution in [0.4, 0.5) is 11.4 Å². The van der Waals surface area contributed by atoms with Crippen LogP contribution < -0.4 is 9.62 Å². The Bertz CT molecular complexity index is 1020. The van der Waals surface area contributed by atoms with Crippen molar-refractivity contribution in [2.75, 3.05) is 21.9 Å². The fraction of sp³-hybridized carbons (Fsp3) is 0.524. The van der Waals surface area contributed by atoms with Crippen LogP contribution in [-0.4, -0.2) is 31.8 Å². The number of carbonyl (C=O) groups is 1. The number of amides is 1. The molecule has 2 heterocycles. The predicted molar refractivity (Wildman–Crippen MR) is 112 cm³/mol. The zero-order valence-electron chi connectivity index (χ0n) is 17.1. The molecule has 1 saturated heterocycles. The van der Waals surface area contributed by atoms with Crippen molar-refractivity contribution in [3.05, 3.63) is 41.3 Å². The first-order chi connectivity index (χ1) is 13.6. The first-order valence-corrected chi connectivity index (χ1v) is 11.7. The Balaban J connectivity index is 1.49. The zero-order chi connectivity index (χ0) is 20.8. The average Bonchev–Trinajstić information content (AvgIpc) is 3.23. The quantitative estimate of drug-likeness (QED) is 0.823. The molecule has 1 atom stereocenters. The van der Waals surface area contributed by atoms with E-state index >= 15 is 0 Å². The number of sulfonamides is 1.